The molecule has 0 aromatic heterocycles. The molecule has 0 nitrogen and oxygen atoms in total. The van der Waals surface area contributed by atoms with Crippen molar-refractivity contribution in [3.63, 3.8) is 0 Å². The van der Waals surface area contributed by atoms with Crippen LogP contribution in [0.2, 0.25) is 0 Å². The maximum absolute atomic E-state index is 3.79. The van der Waals surface area contributed by atoms with Crippen LogP contribution in [0.5, 0.6) is 0 Å². The van der Waals surface area contributed by atoms with E-state index in [4.69, 9.17) is 0 Å². The van der Waals surface area contributed by atoms with E-state index >= 15 is 0 Å². The Morgan fingerprint density at radius 3 is 1.85 bits per heavy atom. The van der Waals surface area contributed by atoms with Crippen LogP contribution in [0, 0.1) is 17.8 Å². The predicted molar refractivity (Wildman–Crippen MR) is 94.1 cm³/mol. The molecular weight excluding hydrogens is 240 g/mol. The third kappa shape index (κ3) is 12.5. The fraction of sp³-hybridized carbons (Fsp3) is 0.800. The first-order chi connectivity index (χ1) is 9.45. The molecule has 0 aromatic carbocycles. The van der Waals surface area contributed by atoms with E-state index in [1.165, 1.54) is 56.9 Å². The van der Waals surface area contributed by atoms with Gasteiger partial charge in [-0.1, -0.05) is 90.5 Å². The summed E-state index contributed by atoms with van der Waals surface area (Å²) in [5.41, 5.74) is 1.32. The van der Waals surface area contributed by atoms with E-state index in [0.29, 0.717) is 0 Å². The summed E-state index contributed by atoms with van der Waals surface area (Å²) in [5.74, 6) is 2.66. The van der Waals surface area contributed by atoms with Crippen LogP contribution in [-0.4, -0.2) is 0 Å². The van der Waals surface area contributed by atoms with Crippen LogP contribution in [0.25, 0.3) is 0 Å². The second kappa shape index (κ2) is 12.2. The summed E-state index contributed by atoms with van der Waals surface area (Å²) < 4.78 is 0. The standard InChI is InChI=1S/C20H38/c1-7-18(4)12-9-14-20(6)16-10-15-19(5)13-8-11-17(2)3/h7,12,17,19-20H,1,8-11,13-16H2,2-6H3/b18-12+/t19-,20+/m0/s1. The summed E-state index contributed by atoms with van der Waals surface area (Å²) in [6.45, 7) is 15.4. The molecule has 0 rings (SSSR count). The molecule has 0 aromatic rings. The van der Waals surface area contributed by atoms with Gasteiger partial charge >= 0.3 is 0 Å². The molecule has 2 atom stereocenters. The van der Waals surface area contributed by atoms with Crippen LogP contribution < -0.4 is 0 Å². The average molecular weight is 279 g/mol. The lowest BCUT2D eigenvalue weighted by Gasteiger charge is -2.14. The zero-order valence-corrected chi connectivity index (χ0v) is 14.8. The summed E-state index contributed by atoms with van der Waals surface area (Å²) in [7, 11) is 0. The summed E-state index contributed by atoms with van der Waals surface area (Å²) in [4.78, 5) is 0. The van der Waals surface area contributed by atoms with Crippen LogP contribution in [0.1, 0.15) is 86.0 Å². The molecule has 118 valence electrons. The van der Waals surface area contributed by atoms with Crippen molar-refractivity contribution < 1.29 is 0 Å². The molecular formula is C20H38. The van der Waals surface area contributed by atoms with Gasteiger partial charge < -0.3 is 0 Å². The first kappa shape index (κ1) is 19.5. The third-order valence-electron chi connectivity index (χ3n) is 4.32. The Labute approximate surface area is 128 Å². The first-order valence-corrected chi connectivity index (χ1v) is 8.74. The maximum atomic E-state index is 3.79. The molecule has 0 aliphatic rings. The van der Waals surface area contributed by atoms with Gasteiger partial charge in [0.2, 0.25) is 0 Å². The van der Waals surface area contributed by atoms with Gasteiger partial charge in [0, 0.05) is 0 Å². The molecule has 0 heterocycles. The zero-order valence-electron chi connectivity index (χ0n) is 14.8. The molecule has 0 spiro atoms. The minimum atomic E-state index is 0.867. The van der Waals surface area contributed by atoms with Gasteiger partial charge in [-0.05, 0) is 37.5 Å². The molecule has 0 aliphatic carbocycles. The van der Waals surface area contributed by atoms with E-state index in [-0.39, 0.29) is 0 Å². The Balaban J connectivity index is 3.55. The summed E-state index contributed by atoms with van der Waals surface area (Å²) in [6, 6.07) is 0. The van der Waals surface area contributed by atoms with Crippen LogP contribution in [0.15, 0.2) is 24.3 Å². The second-order valence-electron chi connectivity index (χ2n) is 7.20. The largest absolute Gasteiger partial charge is 0.0988 e. The Bertz CT molecular complexity index is 259. The summed E-state index contributed by atoms with van der Waals surface area (Å²) >= 11 is 0. The van der Waals surface area contributed by atoms with E-state index in [0.717, 1.165) is 17.8 Å². The lowest BCUT2D eigenvalue weighted by atomic mass is 9.92. The van der Waals surface area contributed by atoms with E-state index in [1.54, 1.807) is 0 Å². The Morgan fingerprint density at radius 2 is 1.35 bits per heavy atom. The Hall–Kier alpha value is -0.520. The highest BCUT2D eigenvalue weighted by atomic mass is 14.1. The Morgan fingerprint density at radius 1 is 0.850 bits per heavy atom. The molecule has 0 aliphatic heterocycles. The summed E-state index contributed by atoms with van der Waals surface area (Å²) in [6.07, 6.45) is 15.3. The van der Waals surface area contributed by atoms with Crippen molar-refractivity contribution in [1.29, 1.82) is 0 Å². The number of rotatable bonds is 12. The third-order valence-corrected chi connectivity index (χ3v) is 4.32. The molecule has 0 amide bonds. The summed E-state index contributed by atoms with van der Waals surface area (Å²) in [5, 5.41) is 0. The van der Waals surface area contributed by atoms with Gasteiger partial charge in [-0.3, -0.25) is 0 Å². The molecule has 0 fully saturated rings. The van der Waals surface area contributed by atoms with Gasteiger partial charge in [0.1, 0.15) is 0 Å². The average Bonchev–Trinajstić information content (AvgIpc) is 2.38. The van der Waals surface area contributed by atoms with E-state index in [9.17, 15) is 0 Å². The van der Waals surface area contributed by atoms with Crippen molar-refractivity contribution in [3.8, 4) is 0 Å². The fourth-order valence-electron chi connectivity index (χ4n) is 2.66. The topological polar surface area (TPSA) is 0 Å². The van der Waals surface area contributed by atoms with Crippen LogP contribution >= 0.6 is 0 Å². The van der Waals surface area contributed by atoms with Gasteiger partial charge in [0.05, 0.1) is 0 Å². The SMILES string of the molecule is C=C/C(C)=C/CC[C@@H](C)CCC[C@@H](C)CCCC(C)C. The highest BCUT2D eigenvalue weighted by Gasteiger charge is 2.06. The monoisotopic (exact) mass is 278 g/mol. The van der Waals surface area contributed by atoms with Crippen LogP contribution in [-0.2, 0) is 0 Å². The van der Waals surface area contributed by atoms with E-state index in [1.807, 2.05) is 6.08 Å². The lowest BCUT2D eigenvalue weighted by molar-refractivity contribution is 0.393. The quantitative estimate of drug-likeness (QED) is 0.332. The van der Waals surface area contributed by atoms with Crippen molar-refractivity contribution >= 4 is 0 Å². The van der Waals surface area contributed by atoms with Crippen LogP contribution in [0.4, 0.5) is 0 Å². The molecule has 0 unspecified atom stereocenters. The van der Waals surface area contributed by atoms with Crippen molar-refractivity contribution in [2.45, 2.75) is 86.0 Å². The zero-order chi connectivity index (χ0) is 15.4. The van der Waals surface area contributed by atoms with Gasteiger partial charge in [-0.2, -0.15) is 0 Å². The minimum absolute atomic E-state index is 0.867. The van der Waals surface area contributed by atoms with Gasteiger partial charge in [-0.15, -0.1) is 0 Å². The maximum Gasteiger partial charge on any atom is -0.0342 e. The minimum Gasteiger partial charge on any atom is -0.0988 e. The van der Waals surface area contributed by atoms with E-state index < -0.39 is 0 Å². The lowest BCUT2D eigenvalue weighted by Crippen LogP contribution is -2.00. The second-order valence-corrected chi connectivity index (χ2v) is 7.20. The number of allylic oxidation sites excluding steroid dienone is 3. The molecule has 0 N–H and O–H groups in total. The van der Waals surface area contributed by atoms with Crippen molar-refractivity contribution in [1.82, 2.24) is 0 Å². The van der Waals surface area contributed by atoms with Crippen molar-refractivity contribution in [3.05, 3.63) is 24.3 Å². The highest BCUT2D eigenvalue weighted by molar-refractivity contribution is 5.12. The fourth-order valence-corrected chi connectivity index (χ4v) is 2.66. The predicted octanol–water partition coefficient (Wildman–Crippen LogP) is 7.17. The smallest absolute Gasteiger partial charge is 0.0342 e. The normalized spacial score (nSPS) is 15.4. The molecule has 0 radical (unpaired) electrons. The van der Waals surface area contributed by atoms with Crippen molar-refractivity contribution in [2.75, 3.05) is 0 Å². The molecule has 0 bridgehead atoms. The molecule has 0 saturated heterocycles. The molecule has 0 heteroatoms. The number of hydrogen-bond donors (Lipinski definition) is 0. The van der Waals surface area contributed by atoms with Gasteiger partial charge in [0.25, 0.3) is 0 Å². The van der Waals surface area contributed by atoms with Crippen LogP contribution in [0.3, 0.4) is 0 Å². The number of hydrogen-bond acceptors (Lipinski definition) is 0. The molecule has 0 saturated carbocycles. The highest BCUT2D eigenvalue weighted by Crippen LogP contribution is 2.21. The first-order valence-electron chi connectivity index (χ1n) is 8.74. The van der Waals surface area contributed by atoms with E-state index in [2.05, 4.69) is 47.3 Å². The van der Waals surface area contributed by atoms with Gasteiger partial charge in [-0.25, -0.2) is 0 Å². The molecule has 20 heavy (non-hydrogen) atoms. The van der Waals surface area contributed by atoms with Gasteiger partial charge in [0.15, 0.2) is 0 Å². The van der Waals surface area contributed by atoms with Crippen molar-refractivity contribution in [2.24, 2.45) is 17.8 Å². The Kier molecular flexibility index (Phi) is 11.9.